The summed E-state index contributed by atoms with van der Waals surface area (Å²) in [6, 6.07) is 3.56. The number of nitrogens with one attached hydrogen (secondary N) is 1. The summed E-state index contributed by atoms with van der Waals surface area (Å²) in [5.41, 5.74) is 8.30. The topological polar surface area (TPSA) is 64.4 Å². The highest BCUT2D eigenvalue weighted by atomic mass is 79.9. The lowest BCUT2D eigenvalue weighted by Crippen LogP contribution is -2.18. The van der Waals surface area contributed by atoms with Crippen LogP contribution in [0.4, 0.5) is 5.69 Å². The number of unbranched alkanes of at least 4 members (excludes halogenated alkanes) is 1. The number of halogens is 2. The monoisotopic (exact) mass is 458 g/mol. The van der Waals surface area contributed by atoms with E-state index in [1.807, 2.05) is 6.07 Å². The van der Waals surface area contributed by atoms with Crippen molar-refractivity contribution in [2.75, 3.05) is 24.8 Å². The Morgan fingerprint density at radius 1 is 1.22 bits per heavy atom. The maximum Gasteiger partial charge on any atom is 0.338 e. The molecule has 27 heavy (non-hydrogen) atoms. The van der Waals surface area contributed by atoms with Gasteiger partial charge in [-0.3, -0.25) is 0 Å². The van der Waals surface area contributed by atoms with Crippen LogP contribution in [0, 0.1) is 5.92 Å². The molecule has 0 atom stereocenters. The molecule has 6 heteroatoms. The number of nitrogen functional groups attached to an aromatic ring is 1. The second kappa shape index (κ2) is 12.6. The number of hydrogen-bond acceptors (Lipinski definition) is 4. The summed E-state index contributed by atoms with van der Waals surface area (Å²) in [5.74, 6) is 1.18. The number of rotatable bonds is 11. The summed E-state index contributed by atoms with van der Waals surface area (Å²) < 4.78 is 6.04. The number of esters is 1. The van der Waals surface area contributed by atoms with Crippen molar-refractivity contribution in [2.45, 2.75) is 64.3 Å². The number of alkyl halides is 1. The Labute approximate surface area is 176 Å². The summed E-state index contributed by atoms with van der Waals surface area (Å²) >= 11 is 9.10. The average molecular weight is 460 g/mol. The van der Waals surface area contributed by atoms with Gasteiger partial charge >= 0.3 is 5.97 Å². The van der Waals surface area contributed by atoms with Gasteiger partial charge in [0.1, 0.15) is 0 Å². The van der Waals surface area contributed by atoms with Crippen LogP contribution in [-0.2, 0) is 11.3 Å². The lowest BCUT2D eigenvalue weighted by atomic mass is 9.86. The third kappa shape index (κ3) is 8.00. The predicted octanol–water partition coefficient (Wildman–Crippen LogP) is 5.66. The molecule has 4 nitrogen and oxygen atoms in total. The van der Waals surface area contributed by atoms with Crippen LogP contribution in [0.2, 0.25) is 0 Å². The Balaban J connectivity index is 1.79. The van der Waals surface area contributed by atoms with Crippen molar-refractivity contribution in [1.29, 1.82) is 0 Å². The Morgan fingerprint density at radius 2 is 2.00 bits per heavy atom. The first-order valence-electron chi connectivity index (χ1n) is 10.1. The second-order valence-electron chi connectivity index (χ2n) is 7.39. The summed E-state index contributed by atoms with van der Waals surface area (Å²) in [6.07, 6.45) is 11.1. The fraction of sp³-hybridized carbons (Fsp3) is 0.667. The van der Waals surface area contributed by atoms with Gasteiger partial charge in [-0.2, -0.15) is 0 Å². The van der Waals surface area contributed by atoms with Crippen molar-refractivity contribution in [2.24, 2.45) is 5.92 Å². The van der Waals surface area contributed by atoms with Crippen molar-refractivity contribution in [1.82, 2.24) is 5.32 Å². The molecule has 0 saturated heterocycles. The molecule has 1 aliphatic carbocycles. The summed E-state index contributed by atoms with van der Waals surface area (Å²) in [5, 5.41) is 3.47. The minimum atomic E-state index is -0.316. The molecule has 0 aromatic heterocycles. The molecule has 0 unspecified atom stereocenters. The first kappa shape index (κ1) is 22.5. The van der Waals surface area contributed by atoms with Crippen LogP contribution in [0.25, 0.3) is 0 Å². The molecule has 1 fully saturated rings. The minimum absolute atomic E-state index is 0.316. The fourth-order valence-electron chi connectivity index (χ4n) is 3.60. The molecule has 0 radical (unpaired) electrons. The molecule has 0 spiro atoms. The predicted molar refractivity (Wildman–Crippen MR) is 116 cm³/mol. The van der Waals surface area contributed by atoms with E-state index in [1.165, 1.54) is 44.9 Å². The Bertz CT molecular complexity index is 592. The van der Waals surface area contributed by atoms with Crippen LogP contribution in [0.3, 0.4) is 0 Å². The van der Waals surface area contributed by atoms with Crippen LogP contribution in [0.15, 0.2) is 16.6 Å². The summed E-state index contributed by atoms with van der Waals surface area (Å²) in [6.45, 7) is 2.02. The van der Waals surface area contributed by atoms with E-state index in [4.69, 9.17) is 22.1 Å². The smallest absolute Gasteiger partial charge is 0.338 e. The molecule has 2 rings (SSSR count). The van der Waals surface area contributed by atoms with Gasteiger partial charge in [-0.05, 0) is 71.8 Å². The maximum absolute atomic E-state index is 12.2. The van der Waals surface area contributed by atoms with Crippen LogP contribution in [0.5, 0.6) is 0 Å². The van der Waals surface area contributed by atoms with E-state index >= 15 is 0 Å². The SMILES string of the molecule is Nc1c(Br)cc(C(=O)OCCCCCl)cc1CNCCCC1CCCCC1. The largest absolute Gasteiger partial charge is 0.462 e. The van der Waals surface area contributed by atoms with E-state index in [2.05, 4.69) is 21.2 Å². The lowest BCUT2D eigenvalue weighted by molar-refractivity contribution is 0.0499. The molecule has 0 amide bonds. The zero-order valence-electron chi connectivity index (χ0n) is 16.1. The number of ether oxygens (including phenoxy) is 1. The molecule has 0 bridgehead atoms. The van der Waals surface area contributed by atoms with Crippen molar-refractivity contribution in [3.05, 3.63) is 27.7 Å². The van der Waals surface area contributed by atoms with Crippen LogP contribution < -0.4 is 11.1 Å². The van der Waals surface area contributed by atoms with E-state index < -0.39 is 0 Å². The zero-order valence-corrected chi connectivity index (χ0v) is 18.4. The van der Waals surface area contributed by atoms with Gasteiger partial charge in [0.15, 0.2) is 0 Å². The van der Waals surface area contributed by atoms with Crippen LogP contribution in [-0.4, -0.2) is 25.0 Å². The van der Waals surface area contributed by atoms with E-state index in [0.717, 1.165) is 35.3 Å². The quantitative estimate of drug-likeness (QED) is 0.194. The van der Waals surface area contributed by atoms with Gasteiger partial charge in [0.2, 0.25) is 0 Å². The molecule has 1 aromatic rings. The van der Waals surface area contributed by atoms with E-state index in [0.29, 0.717) is 30.3 Å². The van der Waals surface area contributed by atoms with Crippen molar-refractivity contribution < 1.29 is 9.53 Å². The van der Waals surface area contributed by atoms with Gasteiger partial charge in [-0.25, -0.2) is 4.79 Å². The Hall–Kier alpha value is -0.780. The van der Waals surface area contributed by atoms with Gasteiger partial charge < -0.3 is 15.8 Å². The highest BCUT2D eigenvalue weighted by Crippen LogP contribution is 2.28. The van der Waals surface area contributed by atoms with Gasteiger partial charge in [0.05, 0.1) is 17.9 Å². The third-order valence-corrected chi connectivity index (χ3v) is 6.14. The lowest BCUT2D eigenvalue weighted by Gasteiger charge is -2.21. The number of hydrogen-bond donors (Lipinski definition) is 2. The standard InChI is InChI=1S/C21H32BrClN2O2/c22-19-14-17(21(26)27-12-5-4-10-23)13-18(20(19)24)15-25-11-6-9-16-7-2-1-3-8-16/h13-14,16,25H,1-12,15,24H2. The van der Waals surface area contributed by atoms with Crippen LogP contribution in [0.1, 0.15) is 73.7 Å². The average Bonchev–Trinajstić information content (AvgIpc) is 2.68. The van der Waals surface area contributed by atoms with Gasteiger partial charge in [0.25, 0.3) is 0 Å². The minimum Gasteiger partial charge on any atom is -0.462 e. The number of anilines is 1. The molecule has 0 aliphatic heterocycles. The maximum atomic E-state index is 12.2. The summed E-state index contributed by atoms with van der Waals surface area (Å²) in [4.78, 5) is 12.2. The second-order valence-corrected chi connectivity index (χ2v) is 8.62. The number of benzene rings is 1. The molecule has 1 saturated carbocycles. The molecule has 1 aromatic carbocycles. The normalized spacial score (nSPS) is 15.0. The van der Waals surface area contributed by atoms with Crippen molar-refractivity contribution >= 4 is 39.2 Å². The fourth-order valence-corrected chi connectivity index (χ4v) is 4.29. The first-order chi connectivity index (χ1) is 13.1. The Morgan fingerprint density at radius 3 is 2.74 bits per heavy atom. The zero-order chi connectivity index (χ0) is 19.5. The molecular formula is C21H32BrClN2O2. The molecule has 0 heterocycles. The van der Waals surface area contributed by atoms with E-state index in [9.17, 15) is 4.79 Å². The highest BCUT2D eigenvalue weighted by molar-refractivity contribution is 9.10. The number of nitrogens with two attached hydrogens (primary N) is 1. The molecular weight excluding hydrogens is 428 g/mol. The Kier molecular flexibility index (Phi) is 10.5. The van der Waals surface area contributed by atoms with Gasteiger partial charge in [-0.1, -0.05) is 32.1 Å². The molecule has 152 valence electrons. The van der Waals surface area contributed by atoms with Gasteiger partial charge in [-0.15, -0.1) is 11.6 Å². The number of carbonyl (C=O) groups excluding carboxylic acids is 1. The van der Waals surface area contributed by atoms with Crippen molar-refractivity contribution in [3.8, 4) is 0 Å². The van der Waals surface area contributed by atoms with E-state index in [1.54, 1.807) is 6.07 Å². The molecule has 3 N–H and O–H groups in total. The molecule has 1 aliphatic rings. The summed E-state index contributed by atoms with van der Waals surface area (Å²) in [7, 11) is 0. The van der Waals surface area contributed by atoms with Crippen molar-refractivity contribution in [3.63, 3.8) is 0 Å². The first-order valence-corrected chi connectivity index (χ1v) is 11.5. The third-order valence-electron chi connectivity index (χ3n) is 5.22. The highest BCUT2D eigenvalue weighted by Gasteiger charge is 2.14. The number of carbonyl (C=O) groups is 1. The van der Waals surface area contributed by atoms with Crippen LogP contribution >= 0.6 is 27.5 Å². The van der Waals surface area contributed by atoms with E-state index in [-0.39, 0.29) is 5.97 Å². The van der Waals surface area contributed by atoms with Gasteiger partial charge in [0, 0.05) is 16.9 Å².